The van der Waals surface area contributed by atoms with Gasteiger partial charge >= 0.3 is 0 Å². The third-order valence-corrected chi connectivity index (χ3v) is 4.96. The molecular weight excluding hydrogens is 297 g/mol. The van der Waals surface area contributed by atoms with Gasteiger partial charge in [0.2, 0.25) is 5.91 Å². The fraction of sp³-hybridized carbons (Fsp3) is 0.526. The summed E-state index contributed by atoms with van der Waals surface area (Å²) in [6.07, 6.45) is 6.56. The fourth-order valence-corrected chi connectivity index (χ4v) is 3.36. The van der Waals surface area contributed by atoms with Crippen LogP contribution in [0.3, 0.4) is 0 Å². The molecular formula is C19H26BN3O. The first-order chi connectivity index (χ1) is 11.7. The molecule has 0 unspecified atom stereocenters. The van der Waals surface area contributed by atoms with Gasteiger partial charge in [0, 0.05) is 39.3 Å². The number of benzene rings is 1. The number of likely N-dealkylation sites (tertiary alicyclic amines) is 1. The lowest BCUT2D eigenvalue weighted by Crippen LogP contribution is -2.49. The smallest absolute Gasteiger partial charge is 0.236 e. The molecule has 2 saturated heterocycles. The molecule has 4 nitrogen and oxygen atoms in total. The monoisotopic (exact) mass is 323 g/mol. The van der Waals surface area contributed by atoms with Gasteiger partial charge in [0.25, 0.3) is 0 Å². The van der Waals surface area contributed by atoms with Crippen LogP contribution in [0.25, 0.3) is 6.08 Å². The average Bonchev–Trinajstić information content (AvgIpc) is 2.62. The second kappa shape index (κ2) is 8.49. The predicted molar refractivity (Wildman–Crippen MR) is 99.5 cm³/mol. The van der Waals surface area contributed by atoms with Crippen LogP contribution in [0.4, 0.5) is 0 Å². The van der Waals surface area contributed by atoms with Crippen molar-refractivity contribution in [3.63, 3.8) is 0 Å². The van der Waals surface area contributed by atoms with Gasteiger partial charge in [0.15, 0.2) is 0 Å². The first-order valence-electron chi connectivity index (χ1n) is 8.95. The fourth-order valence-electron chi connectivity index (χ4n) is 3.36. The van der Waals surface area contributed by atoms with Gasteiger partial charge in [-0.3, -0.25) is 9.69 Å². The minimum atomic E-state index is 0.290. The molecule has 2 aliphatic heterocycles. The van der Waals surface area contributed by atoms with Crippen LogP contribution >= 0.6 is 0 Å². The van der Waals surface area contributed by atoms with Gasteiger partial charge in [0.05, 0.1) is 6.54 Å². The van der Waals surface area contributed by atoms with Crippen molar-refractivity contribution in [2.45, 2.75) is 12.8 Å². The van der Waals surface area contributed by atoms with Gasteiger partial charge in [-0.2, -0.15) is 0 Å². The van der Waals surface area contributed by atoms with Crippen molar-refractivity contribution in [3.8, 4) is 0 Å². The Labute approximate surface area is 146 Å². The highest BCUT2D eigenvalue weighted by Gasteiger charge is 2.23. The number of piperidine rings is 1. The van der Waals surface area contributed by atoms with Gasteiger partial charge in [-0.25, -0.2) is 0 Å². The summed E-state index contributed by atoms with van der Waals surface area (Å²) in [5.74, 6) is 0.851. The van der Waals surface area contributed by atoms with Crippen molar-refractivity contribution in [2.75, 3.05) is 45.8 Å². The lowest BCUT2D eigenvalue weighted by Gasteiger charge is -2.33. The van der Waals surface area contributed by atoms with E-state index in [1.54, 1.807) is 0 Å². The molecule has 1 aromatic rings. The molecule has 1 aromatic carbocycles. The zero-order valence-corrected chi connectivity index (χ0v) is 14.3. The minimum Gasteiger partial charge on any atom is -0.342 e. The van der Waals surface area contributed by atoms with E-state index in [1.807, 2.05) is 29.2 Å². The molecule has 1 N–H and O–H groups in total. The lowest BCUT2D eigenvalue weighted by atomic mass is 9.93. The van der Waals surface area contributed by atoms with Crippen molar-refractivity contribution in [1.29, 1.82) is 0 Å². The summed E-state index contributed by atoms with van der Waals surface area (Å²) in [5.41, 5.74) is 1.98. The predicted octanol–water partition coefficient (Wildman–Crippen LogP) is 0.637. The Hall–Kier alpha value is -1.59. The maximum atomic E-state index is 12.4. The zero-order chi connectivity index (χ0) is 16.8. The molecule has 0 aromatic heterocycles. The topological polar surface area (TPSA) is 35.6 Å². The van der Waals surface area contributed by atoms with E-state index < -0.39 is 0 Å². The summed E-state index contributed by atoms with van der Waals surface area (Å²) >= 11 is 0. The number of hydrogen-bond acceptors (Lipinski definition) is 3. The first-order valence-corrected chi connectivity index (χ1v) is 8.95. The highest BCUT2D eigenvalue weighted by Crippen LogP contribution is 2.20. The van der Waals surface area contributed by atoms with Crippen LogP contribution in [0, 0.1) is 5.92 Å². The molecule has 2 aliphatic rings. The van der Waals surface area contributed by atoms with Crippen LogP contribution in [0.2, 0.25) is 0 Å². The standard InChI is InChI=1S/C19H26BN3O/c20-18-5-3-16(4-6-18)1-2-17-7-11-23(12-8-17)19(24)15-22-13-9-21-10-14-22/h1-6,17,21H,7-15H2/b2-1+. The Morgan fingerprint density at radius 3 is 2.46 bits per heavy atom. The third-order valence-electron chi connectivity index (χ3n) is 4.96. The Morgan fingerprint density at radius 2 is 1.79 bits per heavy atom. The van der Waals surface area contributed by atoms with E-state index in [0.717, 1.165) is 57.6 Å². The van der Waals surface area contributed by atoms with Crippen LogP contribution in [-0.4, -0.2) is 69.4 Å². The molecule has 126 valence electrons. The molecule has 0 bridgehead atoms. The summed E-state index contributed by atoms with van der Waals surface area (Å²) in [6.45, 7) is 6.27. The van der Waals surface area contributed by atoms with Crippen molar-refractivity contribution in [1.82, 2.24) is 15.1 Å². The van der Waals surface area contributed by atoms with Gasteiger partial charge < -0.3 is 10.2 Å². The second-order valence-electron chi connectivity index (χ2n) is 6.77. The minimum absolute atomic E-state index is 0.290. The maximum absolute atomic E-state index is 12.4. The molecule has 2 heterocycles. The highest BCUT2D eigenvalue weighted by atomic mass is 16.2. The number of allylic oxidation sites excluding steroid dienone is 1. The van der Waals surface area contributed by atoms with Crippen LogP contribution < -0.4 is 10.8 Å². The molecule has 5 heteroatoms. The first kappa shape index (κ1) is 17.2. The molecule has 0 spiro atoms. The van der Waals surface area contributed by atoms with E-state index in [1.165, 1.54) is 5.56 Å². The second-order valence-corrected chi connectivity index (χ2v) is 6.77. The SMILES string of the molecule is [B]c1ccc(/C=C/C2CCN(C(=O)CN3CCNCC3)CC2)cc1. The number of carbonyl (C=O) groups excluding carboxylic acids is 1. The van der Waals surface area contributed by atoms with Crippen LogP contribution in [-0.2, 0) is 4.79 Å². The zero-order valence-electron chi connectivity index (χ0n) is 14.3. The summed E-state index contributed by atoms with van der Waals surface area (Å²) in [6, 6.07) is 7.93. The van der Waals surface area contributed by atoms with E-state index in [9.17, 15) is 4.79 Å². The summed E-state index contributed by atoms with van der Waals surface area (Å²) in [4.78, 5) is 16.7. The summed E-state index contributed by atoms with van der Waals surface area (Å²) in [5, 5.41) is 3.32. The van der Waals surface area contributed by atoms with Crippen LogP contribution in [0.1, 0.15) is 18.4 Å². The number of carbonyl (C=O) groups is 1. The van der Waals surface area contributed by atoms with Gasteiger partial charge in [-0.1, -0.05) is 41.9 Å². The van der Waals surface area contributed by atoms with E-state index >= 15 is 0 Å². The van der Waals surface area contributed by atoms with Crippen LogP contribution in [0.5, 0.6) is 0 Å². The van der Waals surface area contributed by atoms with E-state index in [0.29, 0.717) is 12.5 Å². The van der Waals surface area contributed by atoms with Gasteiger partial charge in [-0.05, 0) is 24.3 Å². The molecule has 24 heavy (non-hydrogen) atoms. The Kier molecular flexibility index (Phi) is 6.10. The van der Waals surface area contributed by atoms with E-state index in [-0.39, 0.29) is 5.91 Å². The lowest BCUT2D eigenvalue weighted by molar-refractivity contribution is -0.133. The molecule has 2 radical (unpaired) electrons. The quantitative estimate of drug-likeness (QED) is 0.826. The average molecular weight is 323 g/mol. The molecule has 0 atom stereocenters. The van der Waals surface area contributed by atoms with Gasteiger partial charge in [-0.15, -0.1) is 0 Å². The van der Waals surface area contributed by atoms with Crippen molar-refractivity contribution < 1.29 is 4.79 Å². The normalized spacial score (nSPS) is 20.6. The van der Waals surface area contributed by atoms with Crippen LogP contribution in [0.15, 0.2) is 30.3 Å². The summed E-state index contributed by atoms with van der Waals surface area (Å²) < 4.78 is 0. The maximum Gasteiger partial charge on any atom is 0.236 e. The Bertz CT molecular complexity index is 558. The molecule has 0 saturated carbocycles. The Morgan fingerprint density at radius 1 is 1.12 bits per heavy atom. The number of rotatable bonds is 4. The van der Waals surface area contributed by atoms with E-state index in [4.69, 9.17) is 7.85 Å². The molecule has 3 rings (SSSR count). The number of nitrogens with one attached hydrogen (secondary N) is 1. The van der Waals surface area contributed by atoms with Crippen molar-refractivity contribution in [2.24, 2.45) is 5.92 Å². The highest BCUT2D eigenvalue weighted by molar-refractivity contribution is 6.32. The van der Waals surface area contributed by atoms with Gasteiger partial charge in [0.1, 0.15) is 7.85 Å². The van der Waals surface area contributed by atoms with E-state index in [2.05, 4.69) is 22.4 Å². The molecule has 1 amide bonds. The third kappa shape index (κ3) is 4.95. The number of piperazine rings is 1. The number of nitrogens with zero attached hydrogens (tertiary/aromatic N) is 2. The van der Waals surface area contributed by atoms with Crippen molar-refractivity contribution >= 4 is 25.3 Å². The summed E-state index contributed by atoms with van der Waals surface area (Å²) in [7, 11) is 5.71. The molecule has 0 aliphatic carbocycles. The Balaban J connectivity index is 1.43. The number of amides is 1. The number of hydrogen-bond donors (Lipinski definition) is 1. The largest absolute Gasteiger partial charge is 0.342 e. The molecule has 2 fully saturated rings. The van der Waals surface area contributed by atoms with Crippen molar-refractivity contribution in [3.05, 3.63) is 35.9 Å².